The molecule has 1 aliphatic rings. The van der Waals surface area contributed by atoms with E-state index in [1.807, 2.05) is 32.6 Å². The summed E-state index contributed by atoms with van der Waals surface area (Å²) in [4.78, 5) is 24.8. The van der Waals surface area contributed by atoms with Gasteiger partial charge in [0.2, 0.25) is 5.91 Å². The van der Waals surface area contributed by atoms with Gasteiger partial charge in [-0.25, -0.2) is 0 Å². The third-order valence-corrected chi connectivity index (χ3v) is 3.11. The van der Waals surface area contributed by atoms with E-state index < -0.39 is 12.1 Å². The minimum atomic E-state index is -0.816. The molecule has 1 aliphatic heterocycles. The van der Waals surface area contributed by atoms with Crippen LogP contribution in [0.1, 0.15) is 34.1 Å². The average molecular weight is 286 g/mol. The van der Waals surface area contributed by atoms with Crippen molar-refractivity contribution < 1.29 is 19.4 Å². The summed E-state index contributed by atoms with van der Waals surface area (Å²) in [5.74, 6) is 0.0902. The molecule has 20 heavy (non-hydrogen) atoms. The first-order chi connectivity index (χ1) is 9.29. The molecular formula is C14H26N2O4. The second kappa shape index (κ2) is 7.59. The lowest BCUT2D eigenvalue weighted by molar-refractivity contribution is -0.147. The number of nitrogens with zero attached hydrogens (tertiary/aromatic N) is 1. The molecule has 6 nitrogen and oxygen atoms in total. The molecule has 0 saturated carbocycles. The van der Waals surface area contributed by atoms with Gasteiger partial charge in [-0.2, -0.15) is 0 Å². The molecule has 6 heteroatoms. The van der Waals surface area contributed by atoms with Crippen molar-refractivity contribution in [2.45, 2.75) is 46.4 Å². The minimum absolute atomic E-state index is 0.0395. The number of ether oxygens (including phenoxy) is 1. The van der Waals surface area contributed by atoms with Crippen molar-refractivity contribution in [3.05, 3.63) is 0 Å². The molecular weight excluding hydrogens is 260 g/mol. The molecule has 0 aliphatic carbocycles. The van der Waals surface area contributed by atoms with E-state index >= 15 is 0 Å². The van der Waals surface area contributed by atoms with Gasteiger partial charge in [0.05, 0.1) is 31.8 Å². The Morgan fingerprint density at radius 1 is 1.45 bits per heavy atom. The second-order valence-electron chi connectivity index (χ2n) is 6.12. The summed E-state index contributed by atoms with van der Waals surface area (Å²) in [5.41, 5.74) is 0. The first-order valence-corrected chi connectivity index (χ1v) is 7.16. The molecule has 2 unspecified atom stereocenters. The maximum Gasteiger partial charge on any atom is 0.308 e. The standard InChI is InChI=1S/C14H26N2O4/c1-9(2)8-20-13(19)5-11(17)6-16-7-12(18)15-14(16)10(3)4/h9-11,14,17H,5-8H2,1-4H3,(H,15,18). The highest BCUT2D eigenvalue weighted by Gasteiger charge is 2.33. The monoisotopic (exact) mass is 286 g/mol. The lowest BCUT2D eigenvalue weighted by Crippen LogP contribution is -2.44. The molecule has 0 spiro atoms. The molecule has 0 aromatic rings. The van der Waals surface area contributed by atoms with Crippen LogP contribution in [0.3, 0.4) is 0 Å². The number of hydrogen-bond acceptors (Lipinski definition) is 5. The van der Waals surface area contributed by atoms with Crippen LogP contribution in [0.15, 0.2) is 0 Å². The molecule has 0 bridgehead atoms. The Balaban J connectivity index is 2.39. The van der Waals surface area contributed by atoms with Gasteiger partial charge in [-0.15, -0.1) is 0 Å². The summed E-state index contributed by atoms with van der Waals surface area (Å²) in [6.07, 6.45) is -0.935. The van der Waals surface area contributed by atoms with Gasteiger partial charge in [-0.3, -0.25) is 14.5 Å². The zero-order valence-electron chi connectivity index (χ0n) is 12.8. The van der Waals surface area contributed by atoms with Gasteiger partial charge in [0.15, 0.2) is 0 Å². The summed E-state index contributed by atoms with van der Waals surface area (Å²) < 4.78 is 5.03. The summed E-state index contributed by atoms with van der Waals surface area (Å²) in [6.45, 7) is 8.85. The van der Waals surface area contributed by atoms with E-state index in [0.29, 0.717) is 13.2 Å². The van der Waals surface area contributed by atoms with Crippen LogP contribution < -0.4 is 5.32 Å². The quantitative estimate of drug-likeness (QED) is 0.660. The third kappa shape index (κ3) is 5.46. The van der Waals surface area contributed by atoms with E-state index in [1.165, 1.54) is 0 Å². The smallest absolute Gasteiger partial charge is 0.308 e. The fourth-order valence-corrected chi connectivity index (χ4v) is 2.20. The van der Waals surface area contributed by atoms with Crippen LogP contribution in [0.5, 0.6) is 0 Å². The van der Waals surface area contributed by atoms with Crippen LogP contribution in [0.25, 0.3) is 0 Å². The fourth-order valence-electron chi connectivity index (χ4n) is 2.20. The lowest BCUT2D eigenvalue weighted by Gasteiger charge is -2.27. The fraction of sp³-hybridized carbons (Fsp3) is 0.857. The predicted octanol–water partition coefficient (Wildman–Crippen LogP) is 0.351. The Labute approximate surface area is 120 Å². The molecule has 1 rings (SSSR count). The summed E-state index contributed by atoms with van der Waals surface area (Å²) in [5, 5.41) is 12.8. The topological polar surface area (TPSA) is 78.9 Å². The molecule has 2 N–H and O–H groups in total. The first-order valence-electron chi connectivity index (χ1n) is 7.16. The van der Waals surface area contributed by atoms with Gasteiger partial charge in [-0.1, -0.05) is 27.7 Å². The highest BCUT2D eigenvalue weighted by atomic mass is 16.5. The number of nitrogens with one attached hydrogen (secondary N) is 1. The Morgan fingerprint density at radius 3 is 2.65 bits per heavy atom. The van der Waals surface area contributed by atoms with E-state index in [1.54, 1.807) is 0 Å². The normalized spacial score (nSPS) is 21.4. The van der Waals surface area contributed by atoms with Crippen LogP contribution in [-0.4, -0.2) is 53.8 Å². The molecule has 0 radical (unpaired) electrons. The van der Waals surface area contributed by atoms with E-state index in [-0.39, 0.29) is 36.9 Å². The second-order valence-corrected chi connectivity index (χ2v) is 6.12. The maximum absolute atomic E-state index is 11.5. The van der Waals surface area contributed by atoms with E-state index in [2.05, 4.69) is 5.32 Å². The number of hydrogen-bond donors (Lipinski definition) is 2. The number of amides is 1. The number of aliphatic hydroxyl groups excluding tert-OH is 1. The molecule has 116 valence electrons. The van der Waals surface area contributed by atoms with Gasteiger partial charge in [0.25, 0.3) is 0 Å². The van der Waals surface area contributed by atoms with Crippen molar-refractivity contribution in [3.63, 3.8) is 0 Å². The van der Waals surface area contributed by atoms with Gasteiger partial charge in [-0.05, 0) is 11.8 Å². The number of β-amino-alcohol motifs (C(OH)–C–C–N with tert-alkyl or cyclic N) is 1. The van der Waals surface area contributed by atoms with Crippen molar-refractivity contribution in [1.82, 2.24) is 10.2 Å². The largest absolute Gasteiger partial charge is 0.465 e. The van der Waals surface area contributed by atoms with Crippen LogP contribution >= 0.6 is 0 Å². The summed E-state index contributed by atoms with van der Waals surface area (Å²) >= 11 is 0. The maximum atomic E-state index is 11.5. The highest BCUT2D eigenvalue weighted by Crippen LogP contribution is 2.14. The van der Waals surface area contributed by atoms with Crippen LogP contribution in [0.4, 0.5) is 0 Å². The van der Waals surface area contributed by atoms with Crippen molar-refractivity contribution in [3.8, 4) is 0 Å². The summed E-state index contributed by atoms with van der Waals surface area (Å²) in [7, 11) is 0. The molecule has 1 heterocycles. The number of esters is 1. The summed E-state index contributed by atoms with van der Waals surface area (Å²) in [6, 6.07) is 0. The Bertz CT molecular complexity index is 344. The van der Waals surface area contributed by atoms with Crippen LogP contribution in [-0.2, 0) is 14.3 Å². The minimum Gasteiger partial charge on any atom is -0.465 e. The first kappa shape index (κ1) is 16.9. The van der Waals surface area contributed by atoms with Gasteiger partial charge in [0, 0.05) is 6.54 Å². The molecule has 1 fully saturated rings. The number of carbonyl (C=O) groups is 2. The van der Waals surface area contributed by atoms with Crippen molar-refractivity contribution in [2.75, 3.05) is 19.7 Å². The SMILES string of the molecule is CC(C)COC(=O)CC(O)CN1CC(=O)NC1C(C)C. The molecule has 2 atom stereocenters. The van der Waals surface area contributed by atoms with Crippen molar-refractivity contribution in [1.29, 1.82) is 0 Å². The Morgan fingerprint density at radius 2 is 2.10 bits per heavy atom. The number of rotatable bonds is 7. The third-order valence-electron chi connectivity index (χ3n) is 3.11. The zero-order valence-corrected chi connectivity index (χ0v) is 12.8. The van der Waals surface area contributed by atoms with Gasteiger partial charge in [0.1, 0.15) is 0 Å². The van der Waals surface area contributed by atoms with Crippen molar-refractivity contribution >= 4 is 11.9 Å². The molecule has 0 aromatic heterocycles. The van der Waals surface area contributed by atoms with E-state index in [4.69, 9.17) is 4.74 Å². The average Bonchev–Trinajstić information content (AvgIpc) is 2.67. The van der Waals surface area contributed by atoms with Crippen LogP contribution in [0.2, 0.25) is 0 Å². The Hall–Kier alpha value is -1.14. The van der Waals surface area contributed by atoms with Crippen LogP contribution in [0, 0.1) is 11.8 Å². The zero-order chi connectivity index (χ0) is 15.3. The lowest BCUT2D eigenvalue weighted by atomic mass is 10.1. The Kier molecular flexibility index (Phi) is 6.42. The van der Waals surface area contributed by atoms with E-state index in [0.717, 1.165) is 0 Å². The number of carbonyl (C=O) groups excluding carboxylic acids is 2. The molecule has 1 amide bonds. The molecule has 0 aromatic carbocycles. The van der Waals surface area contributed by atoms with Gasteiger partial charge >= 0.3 is 5.97 Å². The van der Waals surface area contributed by atoms with Gasteiger partial charge < -0.3 is 15.2 Å². The molecule has 1 saturated heterocycles. The van der Waals surface area contributed by atoms with Crippen molar-refractivity contribution in [2.24, 2.45) is 11.8 Å². The predicted molar refractivity (Wildman–Crippen MR) is 74.8 cm³/mol. The van der Waals surface area contributed by atoms with E-state index in [9.17, 15) is 14.7 Å². The number of aliphatic hydroxyl groups is 1. The highest BCUT2D eigenvalue weighted by molar-refractivity contribution is 5.80.